The monoisotopic (exact) mass is 340 g/mol. The number of allylic oxidation sites excluding steroid dienone is 1. The molecule has 1 heterocycles. The molecule has 5 nitrogen and oxygen atoms in total. The highest BCUT2D eigenvalue weighted by Gasteiger charge is 2.46. The van der Waals surface area contributed by atoms with Gasteiger partial charge < -0.3 is 19.3 Å². The molecule has 0 spiro atoms. The van der Waals surface area contributed by atoms with E-state index in [2.05, 4.69) is 6.08 Å². The zero-order valence-corrected chi connectivity index (χ0v) is 14.9. The number of hydrogen-bond acceptors (Lipinski definition) is 5. The molecule has 2 fully saturated rings. The number of hydrogen-bond donors (Lipinski definition) is 1. The van der Waals surface area contributed by atoms with E-state index in [9.17, 15) is 9.90 Å². The standard InChI is InChI=1S/C19H32O5/c1-22-18(21)19(13-7-4-10-16(19)20)12-6-2-3-8-14-23-17-11-5-9-15-24-17/h3,8,16-17,20H,2,4-7,9-15H2,1H3/b8-3-. The van der Waals surface area contributed by atoms with E-state index in [0.717, 1.165) is 51.6 Å². The molecule has 24 heavy (non-hydrogen) atoms. The van der Waals surface area contributed by atoms with Crippen molar-refractivity contribution in [1.29, 1.82) is 0 Å². The topological polar surface area (TPSA) is 65.0 Å². The predicted octanol–water partition coefficient (Wildman–Crippen LogP) is 3.35. The van der Waals surface area contributed by atoms with Gasteiger partial charge in [0.1, 0.15) is 0 Å². The van der Waals surface area contributed by atoms with E-state index in [0.29, 0.717) is 19.4 Å². The first kappa shape index (κ1) is 19.4. The molecule has 2 aliphatic rings. The minimum Gasteiger partial charge on any atom is -0.469 e. The van der Waals surface area contributed by atoms with Gasteiger partial charge in [-0.3, -0.25) is 4.79 Å². The zero-order valence-electron chi connectivity index (χ0n) is 14.9. The number of aliphatic hydroxyl groups excluding tert-OH is 1. The molecule has 3 unspecified atom stereocenters. The molecular weight excluding hydrogens is 308 g/mol. The van der Waals surface area contributed by atoms with E-state index < -0.39 is 11.5 Å². The van der Waals surface area contributed by atoms with E-state index in [4.69, 9.17) is 14.2 Å². The molecule has 1 saturated carbocycles. The van der Waals surface area contributed by atoms with Crippen molar-refractivity contribution in [2.24, 2.45) is 5.41 Å². The maximum atomic E-state index is 12.2. The lowest BCUT2D eigenvalue weighted by atomic mass is 9.69. The molecule has 1 aliphatic carbocycles. The molecule has 1 saturated heterocycles. The van der Waals surface area contributed by atoms with Crippen LogP contribution in [-0.2, 0) is 19.0 Å². The first-order valence-corrected chi connectivity index (χ1v) is 9.34. The van der Waals surface area contributed by atoms with Crippen LogP contribution in [0.25, 0.3) is 0 Å². The van der Waals surface area contributed by atoms with Crippen LogP contribution >= 0.6 is 0 Å². The molecule has 0 radical (unpaired) electrons. The average Bonchev–Trinajstić information content (AvgIpc) is 2.62. The number of unbranched alkanes of at least 4 members (excludes halogenated alkanes) is 1. The largest absolute Gasteiger partial charge is 0.469 e. The lowest BCUT2D eigenvalue weighted by Gasteiger charge is -2.38. The van der Waals surface area contributed by atoms with Crippen LogP contribution in [-0.4, -0.2) is 43.8 Å². The second-order valence-electron chi connectivity index (χ2n) is 6.90. The van der Waals surface area contributed by atoms with Crippen LogP contribution in [0.5, 0.6) is 0 Å². The number of carbonyl (C=O) groups excluding carboxylic acids is 1. The Labute approximate surface area is 145 Å². The highest BCUT2D eigenvalue weighted by molar-refractivity contribution is 5.77. The fourth-order valence-electron chi connectivity index (χ4n) is 3.78. The van der Waals surface area contributed by atoms with Crippen molar-refractivity contribution in [1.82, 2.24) is 0 Å². The second kappa shape index (κ2) is 10.2. The Balaban J connectivity index is 1.68. The van der Waals surface area contributed by atoms with Crippen LogP contribution in [0.15, 0.2) is 12.2 Å². The van der Waals surface area contributed by atoms with Gasteiger partial charge in [0, 0.05) is 6.61 Å². The van der Waals surface area contributed by atoms with E-state index in [-0.39, 0.29) is 12.3 Å². The molecule has 3 atom stereocenters. The fourth-order valence-corrected chi connectivity index (χ4v) is 3.78. The van der Waals surface area contributed by atoms with Gasteiger partial charge in [-0.15, -0.1) is 0 Å². The van der Waals surface area contributed by atoms with Gasteiger partial charge in [0.15, 0.2) is 6.29 Å². The maximum Gasteiger partial charge on any atom is 0.314 e. The summed E-state index contributed by atoms with van der Waals surface area (Å²) in [6.45, 7) is 1.36. The van der Waals surface area contributed by atoms with Crippen molar-refractivity contribution >= 4 is 5.97 Å². The van der Waals surface area contributed by atoms with Gasteiger partial charge in [-0.05, 0) is 51.4 Å². The number of aliphatic hydroxyl groups is 1. The highest BCUT2D eigenvalue weighted by atomic mass is 16.7. The Bertz CT molecular complexity index is 403. The Kier molecular flexibility index (Phi) is 8.22. The van der Waals surface area contributed by atoms with E-state index >= 15 is 0 Å². The van der Waals surface area contributed by atoms with Gasteiger partial charge in [0.05, 0.1) is 25.2 Å². The van der Waals surface area contributed by atoms with Crippen LogP contribution in [0.2, 0.25) is 0 Å². The molecule has 0 aromatic heterocycles. The van der Waals surface area contributed by atoms with Gasteiger partial charge in [0.25, 0.3) is 0 Å². The lowest BCUT2D eigenvalue weighted by Crippen LogP contribution is -2.45. The molecule has 5 heteroatoms. The van der Waals surface area contributed by atoms with Crippen LogP contribution in [0.1, 0.15) is 64.2 Å². The summed E-state index contributed by atoms with van der Waals surface area (Å²) >= 11 is 0. The smallest absolute Gasteiger partial charge is 0.314 e. The predicted molar refractivity (Wildman–Crippen MR) is 91.5 cm³/mol. The molecule has 1 N–H and O–H groups in total. The third-order valence-corrected chi connectivity index (χ3v) is 5.26. The lowest BCUT2D eigenvalue weighted by molar-refractivity contribution is -0.165. The van der Waals surface area contributed by atoms with Gasteiger partial charge in [0.2, 0.25) is 0 Å². The highest BCUT2D eigenvalue weighted by Crippen LogP contribution is 2.41. The number of rotatable bonds is 8. The van der Waals surface area contributed by atoms with E-state index in [1.54, 1.807) is 0 Å². The summed E-state index contributed by atoms with van der Waals surface area (Å²) in [6, 6.07) is 0. The van der Waals surface area contributed by atoms with Crippen LogP contribution in [0, 0.1) is 5.41 Å². The molecule has 0 aromatic carbocycles. The summed E-state index contributed by atoms with van der Waals surface area (Å²) in [4.78, 5) is 12.2. The SMILES string of the molecule is COC(=O)C1(CCC/C=C\COC2CCCCO2)CCCCC1O. The van der Waals surface area contributed by atoms with Crippen molar-refractivity contribution in [3.63, 3.8) is 0 Å². The molecule has 0 aromatic rings. The van der Waals surface area contributed by atoms with E-state index in [1.807, 2.05) is 6.08 Å². The van der Waals surface area contributed by atoms with Crippen LogP contribution in [0.4, 0.5) is 0 Å². The van der Waals surface area contributed by atoms with E-state index in [1.165, 1.54) is 13.5 Å². The van der Waals surface area contributed by atoms with Crippen molar-refractivity contribution in [2.75, 3.05) is 20.3 Å². The number of esters is 1. The van der Waals surface area contributed by atoms with Crippen molar-refractivity contribution in [2.45, 2.75) is 76.6 Å². The summed E-state index contributed by atoms with van der Waals surface area (Å²) in [5, 5.41) is 10.4. The normalized spacial score (nSPS) is 31.2. The first-order valence-electron chi connectivity index (χ1n) is 9.34. The summed E-state index contributed by atoms with van der Waals surface area (Å²) in [5.74, 6) is -0.253. The third-order valence-electron chi connectivity index (χ3n) is 5.26. The molecular formula is C19H32O5. The Morgan fingerprint density at radius 2 is 2.08 bits per heavy atom. The number of methoxy groups -OCH3 is 1. The summed E-state index contributed by atoms with van der Waals surface area (Å²) in [6.07, 6.45) is 12.6. The quantitative estimate of drug-likeness (QED) is 0.417. The minimum atomic E-state index is -0.701. The maximum absolute atomic E-state index is 12.2. The zero-order chi connectivity index (χ0) is 17.3. The Morgan fingerprint density at radius 3 is 2.79 bits per heavy atom. The summed E-state index contributed by atoms with van der Waals surface area (Å²) in [5.41, 5.74) is -0.701. The molecule has 2 rings (SSSR count). The van der Waals surface area contributed by atoms with Gasteiger partial charge in [-0.2, -0.15) is 0 Å². The number of carbonyl (C=O) groups is 1. The molecule has 0 bridgehead atoms. The third kappa shape index (κ3) is 5.30. The summed E-state index contributed by atoms with van der Waals surface area (Å²) < 4.78 is 16.1. The van der Waals surface area contributed by atoms with Gasteiger partial charge in [-0.25, -0.2) is 0 Å². The van der Waals surface area contributed by atoms with Crippen LogP contribution in [0.3, 0.4) is 0 Å². The Hall–Kier alpha value is -0.910. The van der Waals surface area contributed by atoms with Gasteiger partial charge >= 0.3 is 5.97 Å². The number of ether oxygens (including phenoxy) is 3. The van der Waals surface area contributed by atoms with Gasteiger partial charge in [-0.1, -0.05) is 25.0 Å². The molecule has 1 aliphatic heterocycles. The second-order valence-corrected chi connectivity index (χ2v) is 6.90. The molecule has 0 amide bonds. The Morgan fingerprint density at radius 1 is 1.25 bits per heavy atom. The van der Waals surface area contributed by atoms with Crippen molar-refractivity contribution in [3.05, 3.63) is 12.2 Å². The van der Waals surface area contributed by atoms with Crippen molar-refractivity contribution in [3.8, 4) is 0 Å². The minimum absolute atomic E-state index is 0.0524. The first-order chi connectivity index (χ1) is 11.7. The average molecular weight is 340 g/mol. The van der Waals surface area contributed by atoms with Crippen molar-refractivity contribution < 1.29 is 24.1 Å². The molecule has 138 valence electrons. The van der Waals surface area contributed by atoms with Crippen LogP contribution < -0.4 is 0 Å². The summed E-state index contributed by atoms with van der Waals surface area (Å²) in [7, 11) is 1.41. The fraction of sp³-hybridized carbons (Fsp3) is 0.842.